The van der Waals surface area contributed by atoms with Gasteiger partial charge in [0.1, 0.15) is 12.7 Å². The van der Waals surface area contributed by atoms with Crippen molar-refractivity contribution in [3.05, 3.63) is 12.7 Å². The number of ether oxygens (including phenoxy) is 2. The quantitative estimate of drug-likeness (QED) is 0.624. The van der Waals surface area contributed by atoms with Gasteiger partial charge in [-0.25, -0.2) is 4.79 Å². The van der Waals surface area contributed by atoms with E-state index in [9.17, 15) is 9.59 Å². The Bertz CT molecular complexity index is 341. The second-order valence-electron chi connectivity index (χ2n) is 5.89. The zero-order valence-corrected chi connectivity index (χ0v) is 13.6. The molecule has 3 atom stereocenters. The molecule has 0 aromatic heterocycles. The molecule has 1 saturated carbocycles. The SMILES string of the molecule is C=CC(N)=O.COCC(=O)OC1CC(C)CCC1C(C)C. The molecule has 0 radical (unpaired) electrons. The minimum absolute atomic E-state index is 0.0652. The van der Waals surface area contributed by atoms with Gasteiger partial charge in [0.05, 0.1) is 0 Å². The first-order chi connectivity index (χ1) is 9.81. The van der Waals surface area contributed by atoms with Crippen molar-refractivity contribution in [3.63, 3.8) is 0 Å². The third kappa shape index (κ3) is 8.50. The Labute approximate surface area is 127 Å². The number of methoxy groups -OCH3 is 1. The highest BCUT2D eigenvalue weighted by Gasteiger charge is 2.33. The Kier molecular flexibility index (Phi) is 9.71. The Morgan fingerprint density at radius 1 is 1.38 bits per heavy atom. The zero-order chi connectivity index (χ0) is 16.4. The number of esters is 1. The predicted octanol–water partition coefficient (Wildman–Crippen LogP) is 2.29. The van der Waals surface area contributed by atoms with Crippen LogP contribution in [0.15, 0.2) is 12.7 Å². The highest BCUT2D eigenvalue weighted by atomic mass is 16.6. The third-order valence-electron chi connectivity index (χ3n) is 3.71. The Balaban J connectivity index is 0.000000690. The first-order valence-electron chi connectivity index (χ1n) is 7.42. The summed E-state index contributed by atoms with van der Waals surface area (Å²) in [6.07, 6.45) is 4.56. The van der Waals surface area contributed by atoms with Crippen molar-refractivity contribution < 1.29 is 19.1 Å². The number of rotatable bonds is 5. The summed E-state index contributed by atoms with van der Waals surface area (Å²) in [7, 11) is 1.52. The second kappa shape index (κ2) is 10.4. The van der Waals surface area contributed by atoms with Crippen LogP contribution < -0.4 is 5.73 Å². The van der Waals surface area contributed by atoms with Crippen molar-refractivity contribution in [2.24, 2.45) is 23.5 Å². The highest BCUT2D eigenvalue weighted by Crippen LogP contribution is 2.35. The Hall–Kier alpha value is -1.36. The molecule has 122 valence electrons. The van der Waals surface area contributed by atoms with Gasteiger partial charge in [-0.2, -0.15) is 0 Å². The number of carbonyl (C=O) groups excluding carboxylic acids is 2. The monoisotopic (exact) mass is 299 g/mol. The third-order valence-corrected chi connectivity index (χ3v) is 3.71. The van der Waals surface area contributed by atoms with Gasteiger partial charge in [0, 0.05) is 7.11 Å². The molecule has 0 bridgehead atoms. The minimum atomic E-state index is -0.481. The molecule has 1 amide bonds. The lowest BCUT2D eigenvalue weighted by molar-refractivity contribution is -0.160. The fourth-order valence-corrected chi connectivity index (χ4v) is 2.57. The van der Waals surface area contributed by atoms with Crippen LogP contribution in [0.4, 0.5) is 0 Å². The van der Waals surface area contributed by atoms with E-state index in [1.165, 1.54) is 20.0 Å². The van der Waals surface area contributed by atoms with Gasteiger partial charge in [-0.1, -0.05) is 33.8 Å². The maximum atomic E-state index is 11.4. The van der Waals surface area contributed by atoms with Crippen LogP contribution in [0.3, 0.4) is 0 Å². The van der Waals surface area contributed by atoms with Gasteiger partial charge in [-0.15, -0.1) is 0 Å². The summed E-state index contributed by atoms with van der Waals surface area (Å²) in [6.45, 7) is 9.79. The Morgan fingerprint density at radius 3 is 2.38 bits per heavy atom. The van der Waals surface area contributed by atoms with Crippen molar-refractivity contribution in [1.29, 1.82) is 0 Å². The molecule has 0 heterocycles. The fraction of sp³-hybridized carbons (Fsp3) is 0.750. The van der Waals surface area contributed by atoms with Gasteiger partial charge < -0.3 is 15.2 Å². The summed E-state index contributed by atoms with van der Waals surface area (Å²) in [5.74, 6) is 1.04. The number of carbonyl (C=O) groups is 2. The maximum absolute atomic E-state index is 11.4. The van der Waals surface area contributed by atoms with Crippen LogP contribution in [0.5, 0.6) is 0 Å². The van der Waals surface area contributed by atoms with E-state index in [2.05, 4.69) is 33.1 Å². The summed E-state index contributed by atoms with van der Waals surface area (Å²) in [4.78, 5) is 20.9. The summed E-state index contributed by atoms with van der Waals surface area (Å²) in [5.41, 5.74) is 4.53. The van der Waals surface area contributed by atoms with Crippen LogP contribution in [0.2, 0.25) is 0 Å². The smallest absolute Gasteiger partial charge is 0.332 e. The van der Waals surface area contributed by atoms with Crippen molar-refractivity contribution in [2.45, 2.75) is 46.1 Å². The first-order valence-corrected chi connectivity index (χ1v) is 7.42. The average Bonchev–Trinajstić information content (AvgIpc) is 2.39. The van der Waals surface area contributed by atoms with Gasteiger partial charge in [0.25, 0.3) is 0 Å². The molecule has 0 aromatic rings. The summed E-state index contributed by atoms with van der Waals surface area (Å²) < 4.78 is 10.3. The Morgan fingerprint density at radius 2 is 1.95 bits per heavy atom. The van der Waals surface area contributed by atoms with Gasteiger partial charge in [0.2, 0.25) is 5.91 Å². The molecule has 0 aromatic carbocycles. The zero-order valence-electron chi connectivity index (χ0n) is 13.6. The number of hydrogen-bond donors (Lipinski definition) is 1. The van der Waals surface area contributed by atoms with Gasteiger partial charge in [0.15, 0.2) is 0 Å². The highest BCUT2D eigenvalue weighted by molar-refractivity contribution is 5.84. The molecule has 1 rings (SSSR count). The van der Waals surface area contributed by atoms with Crippen molar-refractivity contribution >= 4 is 11.9 Å². The lowest BCUT2D eigenvalue weighted by atomic mass is 9.75. The standard InChI is InChI=1S/C13H24O3.C3H5NO/c1-9(2)11-6-5-10(3)7-12(11)16-13(14)8-15-4;1-2-3(4)5/h9-12H,5-8H2,1-4H3;2H,1H2,(H2,4,5). The van der Waals surface area contributed by atoms with E-state index in [0.29, 0.717) is 17.8 Å². The summed E-state index contributed by atoms with van der Waals surface area (Å²) in [6, 6.07) is 0. The number of primary amides is 1. The lowest BCUT2D eigenvalue weighted by Crippen LogP contribution is -2.36. The van der Waals surface area contributed by atoms with E-state index < -0.39 is 5.91 Å². The molecule has 0 aliphatic heterocycles. The lowest BCUT2D eigenvalue weighted by Gasteiger charge is -2.36. The molecule has 5 nitrogen and oxygen atoms in total. The fourth-order valence-electron chi connectivity index (χ4n) is 2.57. The summed E-state index contributed by atoms with van der Waals surface area (Å²) >= 11 is 0. The van der Waals surface area contributed by atoms with Gasteiger partial charge in [-0.3, -0.25) is 4.79 Å². The van der Waals surface area contributed by atoms with E-state index in [1.807, 2.05) is 0 Å². The molecule has 3 unspecified atom stereocenters. The number of nitrogens with two attached hydrogens (primary N) is 1. The molecular formula is C16H29NO4. The first kappa shape index (κ1) is 19.6. The van der Waals surface area contributed by atoms with Crippen LogP contribution in [-0.4, -0.2) is 31.7 Å². The van der Waals surface area contributed by atoms with E-state index in [1.54, 1.807) is 0 Å². The topological polar surface area (TPSA) is 78.6 Å². The van der Waals surface area contributed by atoms with Gasteiger partial charge >= 0.3 is 5.97 Å². The summed E-state index contributed by atoms with van der Waals surface area (Å²) in [5, 5.41) is 0. The molecule has 1 fully saturated rings. The van der Waals surface area contributed by atoms with Crippen molar-refractivity contribution in [3.8, 4) is 0 Å². The number of hydrogen-bond acceptors (Lipinski definition) is 4. The van der Waals surface area contributed by atoms with Gasteiger partial charge in [-0.05, 0) is 36.7 Å². The molecule has 5 heteroatoms. The molecule has 2 N–H and O–H groups in total. The van der Waals surface area contributed by atoms with E-state index in [-0.39, 0.29) is 18.7 Å². The molecule has 1 aliphatic carbocycles. The molecule has 0 saturated heterocycles. The second-order valence-corrected chi connectivity index (χ2v) is 5.89. The van der Waals surface area contributed by atoms with E-state index in [4.69, 9.17) is 9.47 Å². The number of amides is 1. The maximum Gasteiger partial charge on any atom is 0.332 e. The van der Waals surface area contributed by atoms with Crippen LogP contribution >= 0.6 is 0 Å². The van der Waals surface area contributed by atoms with Crippen LogP contribution in [0, 0.1) is 17.8 Å². The van der Waals surface area contributed by atoms with Crippen LogP contribution in [-0.2, 0) is 19.1 Å². The molecular weight excluding hydrogens is 270 g/mol. The van der Waals surface area contributed by atoms with Crippen LogP contribution in [0.1, 0.15) is 40.0 Å². The minimum Gasteiger partial charge on any atom is -0.460 e. The normalized spacial score (nSPS) is 24.7. The largest absolute Gasteiger partial charge is 0.460 e. The average molecular weight is 299 g/mol. The van der Waals surface area contributed by atoms with E-state index in [0.717, 1.165) is 12.5 Å². The predicted molar refractivity (Wildman–Crippen MR) is 82.5 cm³/mol. The molecule has 0 spiro atoms. The van der Waals surface area contributed by atoms with Crippen LogP contribution in [0.25, 0.3) is 0 Å². The molecule has 1 aliphatic rings. The van der Waals surface area contributed by atoms with Crippen molar-refractivity contribution in [1.82, 2.24) is 0 Å². The van der Waals surface area contributed by atoms with E-state index >= 15 is 0 Å². The van der Waals surface area contributed by atoms with Crippen molar-refractivity contribution in [2.75, 3.05) is 13.7 Å². The molecule has 21 heavy (non-hydrogen) atoms.